The van der Waals surface area contributed by atoms with Gasteiger partial charge in [-0.1, -0.05) is 0 Å². The molecule has 0 saturated carbocycles. The van der Waals surface area contributed by atoms with Crippen LogP contribution in [0.2, 0.25) is 0 Å². The van der Waals surface area contributed by atoms with Crippen LogP contribution in [0.25, 0.3) is 0 Å². The van der Waals surface area contributed by atoms with E-state index < -0.39 is 0 Å². The number of ether oxygens (including phenoxy) is 1. The predicted molar refractivity (Wildman–Crippen MR) is 82.1 cm³/mol. The van der Waals surface area contributed by atoms with Gasteiger partial charge in [-0.05, 0) is 46.0 Å². The van der Waals surface area contributed by atoms with Gasteiger partial charge in [0, 0.05) is 24.3 Å². The maximum Gasteiger partial charge on any atom is 0.253 e. The van der Waals surface area contributed by atoms with Crippen molar-refractivity contribution in [3.05, 3.63) is 23.8 Å². The number of nitrogens with zero attached hydrogens (tertiary/aromatic N) is 1. The molecule has 0 aliphatic carbocycles. The Kier molecular flexibility index (Phi) is 6.31. The van der Waals surface area contributed by atoms with Gasteiger partial charge in [0.15, 0.2) is 0 Å². The molecule has 1 rings (SSSR count). The minimum atomic E-state index is -0.141. The summed E-state index contributed by atoms with van der Waals surface area (Å²) in [6.45, 7) is 5.89. The van der Waals surface area contributed by atoms with Crippen LogP contribution in [-0.4, -0.2) is 44.1 Å². The number of hydrogen-bond donors (Lipinski definition) is 2. The summed E-state index contributed by atoms with van der Waals surface area (Å²) in [5.41, 5.74) is 6.76. The molecule has 0 spiro atoms. The van der Waals surface area contributed by atoms with Gasteiger partial charge in [0.2, 0.25) is 0 Å². The lowest BCUT2D eigenvalue weighted by molar-refractivity contribution is 0.0952. The molecule has 1 aromatic rings. The number of rotatable bonds is 7. The third-order valence-corrected chi connectivity index (χ3v) is 3.36. The monoisotopic (exact) mass is 279 g/mol. The normalized spacial score (nSPS) is 10.9. The fourth-order valence-electron chi connectivity index (χ4n) is 1.76. The molecule has 0 fully saturated rings. The summed E-state index contributed by atoms with van der Waals surface area (Å²) < 4.78 is 5.06. The zero-order valence-electron chi connectivity index (χ0n) is 12.8. The predicted octanol–water partition coefficient (Wildman–Crippen LogP) is 1.74. The molecule has 20 heavy (non-hydrogen) atoms. The first-order chi connectivity index (χ1) is 9.45. The van der Waals surface area contributed by atoms with Crippen molar-refractivity contribution in [2.75, 3.05) is 33.0 Å². The Balaban J connectivity index is 2.43. The van der Waals surface area contributed by atoms with Crippen LogP contribution in [0.4, 0.5) is 5.69 Å². The van der Waals surface area contributed by atoms with Gasteiger partial charge in [0.05, 0.1) is 12.7 Å². The molecular formula is C15H25N3O2. The Hall–Kier alpha value is -1.75. The fourth-order valence-corrected chi connectivity index (χ4v) is 1.76. The lowest BCUT2D eigenvalue weighted by Crippen LogP contribution is -2.31. The largest absolute Gasteiger partial charge is 0.497 e. The fraction of sp³-hybridized carbons (Fsp3) is 0.533. The molecule has 112 valence electrons. The van der Waals surface area contributed by atoms with Gasteiger partial charge >= 0.3 is 0 Å². The summed E-state index contributed by atoms with van der Waals surface area (Å²) in [6, 6.07) is 5.59. The van der Waals surface area contributed by atoms with E-state index in [0.717, 1.165) is 13.0 Å². The van der Waals surface area contributed by atoms with Gasteiger partial charge < -0.3 is 20.7 Å². The highest BCUT2D eigenvalue weighted by molar-refractivity contribution is 5.99. The third kappa shape index (κ3) is 4.74. The van der Waals surface area contributed by atoms with E-state index in [-0.39, 0.29) is 5.91 Å². The first-order valence-electron chi connectivity index (χ1n) is 6.87. The topological polar surface area (TPSA) is 67.6 Å². The molecule has 3 N–H and O–H groups in total. The second-order valence-electron chi connectivity index (χ2n) is 5.14. The van der Waals surface area contributed by atoms with Crippen LogP contribution in [0.15, 0.2) is 18.2 Å². The van der Waals surface area contributed by atoms with E-state index in [1.807, 2.05) is 0 Å². The SMILES string of the molecule is COc1ccc(C(=O)NCCCN(C)C(C)C)c(N)c1. The summed E-state index contributed by atoms with van der Waals surface area (Å²) in [7, 11) is 3.65. The van der Waals surface area contributed by atoms with E-state index in [2.05, 4.69) is 31.1 Å². The second kappa shape index (κ2) is 7.75. The molecule has 5 nitrogen and oxygen atoms in total. The summed E-state index contributed by atoms with van der Waals surface area (Å²) in [5.74, 6) is 0.509. The highest BCUT2D eigenvalue weighted by Crippen LogP contribution is 2.19. The van der Waals surface area contributed by atoms with E-state index in [0.29, 0.717) is 29.6 Å². The van der Waals surface area contributed by atoms with Gasteiger partial charge in [0.1, 0.15) is 5.75 Å². The molecule has 0 unspecified atom stereocenters. The number of carbonyl (C=O) groups is 1. The van der Waals surface area contributed by atoms with Crippen molar-refractivity contribution in [1.82, 2.24) is 10.2 Å². The minimum Gasteiger partial charge on any atom is -0.497 e. The number of anilines is 1. The Bertz CT molecular complexity index is 447. The maximum absolute atomic E-state index is 12.0. The Morgan fingerprint density at radius 1 is 1.45 bits per heavy atom. The molecule has 0 saturated heterocycles. The lowest BCUT2D eigenvalue weighted by Gasteiger charge is -2.20. The van der Waals surface area contributed by atoms with E-state index >= 15 is 0 Å². The molecule has 0 aliphatic heterocycles. The number of nitrogens with two attached hydrogens (primary N) is 1. The standard InChI is InChI=1S/C15H25N3O2/c1-11(2)18(3)9-5-8-17-15(19)13-7-6-12(20-4)10-14(13)16/h6-7,10-11H,5,8-9,16H2,1-4H3,(H,17,19). The Morgan fingerprint density at radius 3 is 2.70 bits per heavy atom. The van der Waals surface area contributed by atoms with Crippen molar-refractivity contribution in [2.45, 2.75) is 26.3 Å². The zero-order chi connectivity index (χ0) is 15.1. The van der Waals surface area contributed by atoms with Crippen molar-refractivity contribution in [1.29, 1.82) is 0 Å². The molecule has 5 heteroatoms. The van der Waals surface area contributed by atoms with Crippen LogP contribution < -0.4 is 15.8 Å². The number of nitrogens with one attached hydrogen (secondary N) is 1. The first-order valence-corrected chi connectivity index (χ1v) is 6.87. The van der Waals surface area contributed by atoms with Gasteiger partial charge in [-0.2, -0.15) is 0 Å². The van der Waals surface area contributed by atoms with Crippen molar-refractivity contribution < 1.29 is 9.53 Å². The summed E-state index contributed by atoms with van der Waals surface area (Å²) in [4.78, 5) is 14.2. The van der Waals surface area contributed by atoms with Crippen LogP contribution in [0.1, 0.15) is 30.6 Å². The first kappa shape index (κ1) is 16.3. The van der Waals surface area contributed by atoms with Crippen molar-refractivity contribution in [3.63, 3.8) is 0 Å². The molecule has 0 aliphatic rings. The van der Waals surface area contributed by atoms with Crippen LogP contribution in [-0.2, 0) is 0 Å². The number of hydrogen-bond acceptors (Lipinski definition) is 4. The molecule has 0 radical (unpaired) electrons. The van der Waals surface area contributed by atoms with Gasteiger partial charge in [0.25, 0.3) is 5.91 Å². The highest BCUT2D eigenvalue weighted by Gasteiger charge is 2.10. The Morgan fingerprint density at radius 2 is 2.15 bits per heavy atom. The Labute approximate surface area is 121 Å². The molecule has 1 aromatic carbocycles. The van der Waals surface area contributed by atoms with Crippen LogP contribution in [0.3, 0.4) is 0 Å². The quantitative estimate of drug-likeness (QED) is 0.589. The number of benzene rings is 1. The van der Waals surface area contributed by atoms with Crippen LogP contribution in [0.5, 0.6) is 5.75 Å². The van der Waals surface area contributed by atoms with Crippen LogP contribution >= 0.6 is 0 Å². The van der Waals surface area contributed by atoms with Crippen molar-refractivity contribution in [2.24, 2.45) is 0 Å². The minimum absolute atomic E-state index is 0.141. The van der Waals surface area contributed by atoms with E-state index in [9.17, 15) is 4.79 Å². The van der Waals surface area contributed by atoms with Gasteiger partial charge in [-0.3, -0.25) is 4.79 Å². The number of amides is 1. The molecular weight excluding hydrogens is 254 g/mol. The number of carbonyl (C=O) groups excluding carboxylic acids is 1. The lowest BCUT2D eigenvalue weighted by atomic mass is 10.1. The highest BCUT2D eigenvalue weighted by atomic mass is 16.5. The molecule has 0 bridgehead atoms. The number of nitrogen functional groups attached to an aromatic ring is 1. The average molecular weight is 279 g/mol. The van der Waals surface area contributed by atoms with Crippen LogP contribution in [0, 0.1) is 0 Å². The summed E-state index contributed by atoms with van der Waals surface area (Å²) >= 11 is 0. The van der Waals surface area contributed by atoms with E-state index in [4.69, 9.17) is 10.5 Å². The maximum atomic E-state index is 12.0. The van der Waals surface area contributed by atoms with Crippen molar-refractivity contribution in [3.8, 4) is 5.75 Å². The second-order valence-corrected chi connectivity index (χ2v) is 5.14. The summed E-state index contributed by atoms with van der Waals surface area (Å²) in [6.07, 6.45) is 0.913. The molecule has 1 amide bonds. The molecule has 0 atom stereocenters. The van der Waals surface area contributed by atoms with Crippen molar-refractivity contribution >= 4 is 11.6 Å². The molecule has 0 heterocycles. The average Bonchev–Trinajstić information content (AvgIpc) is 2.42. The van der Waals surface area contributed by atoms with E-state index in [1.54, 1.807) is 25.3 Å². The summed E-state index contributed by atoms with van der Waals surface area (Å²) in [5, 5.41) is 2.89. The number of methoxy groups -OCH3 is 1. The third-order valence-electron chi connectivity index (χ3n) is 3.36. The van der Waals surface area contributed by atoms with Gasteiger partial charge in [-0.25, -0.2) is 0 Å². The zero-order valence-corrected chi connectivity index (χ0v) is 12.8. The van der Waals surface area contributed by atoms with E-state index in [1.165, 1.54) is 0 Å². The molecule has 0 aromatic heterocycles. The van der Waals surface area contributed by atoms with Gasteiger partial charge in [-0.15, -0.1) is 0 Å². The smallest absolute Gasteiger partial charge is 0.253 e.